The second-order valence-electron chi connectivity index (χ2n) is 10.4. The lowest BCUT2D eigenvalue weighted by atomic mass is 9.73. The standard InChI is InChI=1S/C33H40O6/c1-5-31(34)38-21-9-7-6-8-20-37-27-17-13-26(14-18-27)33(36)39-28-15-11-25(12-16-28)22-30-24(4)10-19-29(23(2)3)32(30)35/h5,11-18,22-24,29H,1,6-10,19-21H2,2-4H3/b30-22-/t24-,29-/m1/s1. The minimum absolute atomic E-state index is 0.0940. The van der Waals surface area contributed by atoms with Gasteiger partial charge < -0.3 is 14.2 Å². The van der Waals surface area contributed by atoms with E-state index in [1.807, 2.05) is 18.2 Å². The highest BCUT2D eigenvalue weighted by molar-refractivity contribution is 6.02. The van der Waals surface area contributed by atoms with Crippen molar-refractivity contribution in [3.05, 3.63) is 77.9 Å². The number of carbonyl (C=O) groups excluding carboxylic acids is 3. The molecule has 2 atom stereocenters. The molecule has 0 amide bonds. The molecule has 1 aliphatic rings. The van der Waals surface area contributed by atoms with E-state index in [2.05, 4.69) is 27.4 Å². The lowest BCUT2D eigenvalue weighted by Gasteiger charge is -2.30. The van der Waals surface area contributed by atoms with E-state index in [0.717, 1.165) is 49.7 Å². The highest BCUT2D eigenvalue weighted by Crippen LogP contribution is 2.35. The summed E-state index contributed by atoms with van der Waals surface area (Å²) in [6.45, 7) is 10.7. The summed E-state index contributed by atoms with van der Waals surface area (Å²) in [5, 5.41) is 0. The Balaban J connectivity index is 1.44. The van der Waals surface area contributed by atoms with Crippen molar-refractivity contribution in [1.29, 1.82) is 0 Å². The second kappa shape index (κ2) is 15.1. The molecule has 0 heterocycles. The molecule has 0 bridgehead atoms. The second-order valence-corrected chi connectivity index (χ2v) is 10.4. The van der Waals surface area contributed by atoms with Crippen molar-refractivity contribution in [2.75, 3.05) is 13.2 Å². The summed E-state index contributed by atoms with van der Waals surface area (Å²) < 4.78 is 16.2. The van der Waals surface area contributed by atoms with Crippen LogP contribution in [-0.2, 0) is 14.3 Å². The molecule has 2 aromatic rings. The molecule has 0 radical (unpaired) electrons. The van der Waals surface area contributed by atoms with E-state index in [1.165, 1.54) is 6.08 Å². The van der Waals surface area contributed by atoms with Crippen LogP contribution in [0.1, 0.15) is 75.2 Å². The molecule has 0 N–H and O–H groups in total. The first-order valence-corrected chi connectivity index (χ1v) is 13.9. The number of carbonyl (C=O) groups is 3. The van der Waals surface area contributed by atoms with Gasteiger partial charge in [-0.25, -0.2) is 9.59 Å². The summed E-state index contributed by atoms with van der Waals surface area (Å²) in [4.78, 5) is 36.5. The Morgan fingerprint density at radius 2 is 1.56 bits per heavy atom. The Bertz CT molecular complexity index is 1140. The number of esters is 2. The third-order valence-electron chi connectivity index (χ3n) is 7.09. The van der Waals surface area contributed by atoms with Crippen LogP contribution in [0.15, 0.2) is 66.8 Å². The Morgan fingerprint density at radius 1 is 0.923 bits per heavy atom. The minimum Gasteiger partial charge on any atom is -0.494 e. The molecule has 0 aliphatic heterocycles. The number of unbranched alkanes of at least 4 members (excludes halogenated alkanes) is 3. The van der Waals surface area contributed by atoms with Crippen LogP contribution in [0.25, 0.3) is 6.08 Å². The van der Waals surface area contributed by atoms with Gasteiger partial charge in [0, 0.05) is 12.0 Å². The third kappa shape index (κ3) is 9.24. The van der Waals surface area contributed by atoms with Crippen LogP contribution in [0.2, 0.25) is 0 Å². The first-order chi connectivity index (χ1) is 18.8. The largest absolute Gasteiger partial charge is 0.494 e. The maximum Gasteiger partial charge on any atom is 0.343 e. The Labute approximate surface area is 232 Å². The predicted octanol–water partition coefficient (Wildman–Crippen LogP) is 7.23. The van der Waals surface area contributed by atoms with Gasteiger partial charge in [-0.3, -0.25) is 4.79 Å². The number of benzene rings is 2. The van der Waals surface area contributed by atoms with E-state index in [4.69, 9.17) is 14.2 Å². The van der Waals surface area contributed by atoms with Crippen LogP contribution < -0.4 is 9.47 Å². The van der Waals surface area contributed by atoms with Gasteiger partial charge in [0.15, 0.2) is 5.78 Å². The van der Waals surface area contributed by atoms with Gasteiger partial charge >= 0.3 is 11.9 Å². The molecule has 0 aromatic heterocycles. The normalized spacial score (nSPS) is 18.2. The maximum absolute atomic E-state index is 13.0. The Morgan fingerprint density at radius 3 is 2.21 bits per heavy atom. The highest BCUT2D eigenvalue weighted by Gasteiger charge is 2.32. The smallest absolute Gasteiger partial charge is 0.343 e. The van der Waals surface area contributed by atoms with Crippen LogP contribution in [0, 0.1) is 17.8 Å². The maximum atomic E-state index is 13.0. The fourth-order valence-electron chi connectivity index (χ4n) is 4.67. The average molecular weight is 533 g/mol. The van der Waals surface area contributed by atoms with Crippen molar-refractivity contribution in [2.24, 2.45) is 17.8 Å². The number of ketones is 1. The summed E-state index contributed by atoms with van der Waals surface area (Å²) in [6.07, 6.45) is 8.75. The third-order valence-corrected chi connectivity index (χ3v) is 7.09. The quantitative estimate of drug-likeness (QED) is 0.117. The summed E-state index contributed by atoms with van der Waals surface area (Å²) in [5.74, 6) is 1.25. The van der Waals surface area contributed by atoms with E-state index in [1.54, 1.807) is 36.4 Å². The molecule has 1 saturated carbocycles. The zero-order valence-electron chi connectivity index (χ0n) is 23.3. The minimum atomic E-state index is -0.444. The topological polar surface area (TPSA) is 78.9 Å². The molecule has 1 fully saturated rings. The van der Waals surface area contributed by atoms with Gasteiger partial charge in [0.25, 0.3) is 0 Å². The molecule has 0 spiro atoms. The fraction of sp³-hybridized carbons (Fsp3) is 0.424. The number of ether oxygens (including phenoxy) is 3. The lowest BCUT2D eigenvalue weighted by molar-refractivity contribution is -0.137. The SMILES string of the molecule is C=CC(=O)OCCCCCCOc1ccc(C(=O)Oc2ccc(/C=C3\C(=O)[C@@H](C(C)C)CC[C@H]3C)cc2)cc1. The van der Waals surface area contributed by atoms with Gasteiger partial charge in [0.2, 0.25) is 0 Å². The van der Waals surface area contributed by atoms with Crippen LogP contribution in [0.3, 0.4) is 0 Å². The zero-order chi connectivity index (χ0) is 28.2. The highest BCUT2D eigenvalue weighted by atomic mass is 16.5. The molecule has 6 nitrogen and oxygen atoms in total. The number of hydrogen-bond acceptors (Lipinski definition) is 6. The Kier molecular flexibility index (Phi) is 11.5. The summed E-state index contributed by atoms with van der Waals surface area (Å²) in [5.41, 5.74) is 2.24. The van der Waals surface area contributed by atoms with Crippen molar-refractivity contribution in [2.45, 2.75) is 59.3 Å². The zero-order valence-corrected chi connectivity index (χ0v) is 23.3. The fourth-order valence-corrected chi connectivity index (χ4v) is 4.67. The number of rotatable bonds is 13. The van der Waals surface area contributed by atoms with Crippen molar-refractivity contribution in [3.63, 3.8) is 0 Å². The van der Waals surface area contributed by atoms with E-state index >= 15 is 0 Å². The van der Waals surface area contributed by atoms with E-state index in [9.17, 15) is 14.4 Å². The van der Waals surface area contributed by atoms with Gasteiger partial charge in [-0.1, -0.05) is 39.5 Å². The molecule has 0 saturated heterocycles. The molecule has 39 heavy (non-hydrogen) atoms. The molecule has 208 valence electrons. The number of Topliss-reactive ketones (excluding diaryl/α,β-unsaturated/α-hetero) is 1. The number of hydrogen-bond donors (Lipinski definition) is 0. The van der Waals surface area contributed by atoms with Crippen LogP contribution in [0.5, 0.6) is 11.5 Å². The van der Waals surface area contributed by atoms with Crippen LogP contribution in [-0.4, -0.2) is 30.9 Å². The molecular weight excluding hydrogens is 492 g/mol. The molecule has 1 aliphatic carbocycles. The monoisotopic (exact) mass is 532 g/mol. The van der Waals surface area contributed by atoms with Crippen molar-refractivity contribution in [3.8, 4) is 11.5 Å². The van der Waals surface area contributed by atoms with E-state index in [0.29, 0.717) is 36.2 Å². The van der Waals surface area contributed by atoms with Crippen LogP contribution >= 0.6 is 0 Å². The van der Waals surface area contributed by atoms with Gasteiger partial charge in [-0.05, 0) is 104 Å². The summed E-state index contributed by atoms with van der Waals surface area (Å²) >= 11 is 0. The Hall–Kier alpha value is -3.67. The summed E-state index contributed by atoms with van der Waals surface area (Å²) in [6, 6.07) is 14.1. The van der Waals surface area contributed by atoms with Crippen molar-refractivity contribution < 1.29 is 28.6 Å². The molecular formula is C33H40O6. The molecule has 2 aromatic carbocycles. The first-order valence-electron chi connectivity index (χ1n) is 13.9. The van der Waals surface area contributed by atoms with Crippen LogP contribution in [0.4, 0.5) is 0 Å². The van der Waals surface area contributed by atoms with Gasteiger partial charge in [0.1, 0.15) is 11.5 Å². The van der Waals surface area contributed by atoms with Gasteiger partial charge in [0.05, 0.1) is 18.8 Å². The van der Waals surface area contributed by atoms with Crippen molar-refractivity contribution >= 4 is 23.8 Å². The predicted molar refractivity (Wildman–Crippen MR) is 153 cm³/mol. The number of allylic oxidation sites excluding steroid dienone is 1. The van der Waals surface area contributed by atoms with E-state index < -0.39 is 5.97 Å². The van der Waals surface area contributed by atoms with Gasteiger partial charge in [-0.2, -0.15) is 0 Å². The lowest BCUT2D eigenvalue weighted by Crippen LogP contribution is -2.30. The average Bonchev–Trinajstić information content (AvgIpc) is 2.93. The molecule has 3 rings (SSSR count). The van der Waals surface area contributed by atoms with Crippen molar-refractivity contribution in [1.82, 2.24) is 0 Å². The van der Waals surface area contributed by atoms with Gasteiger partial charge in [-0.15, -0.1) is 0 Å². The molecule has 0 unspecified atom stereocenters. The summed E-state index contributed by atoms with van der Waals surface area (Å²) in [7, 11) is 0. The first kappa shape index (κ1) is 29.9. The molecule has 6 heteroatoms. The van der Waals surface area contributed by atoms with E-state index in [-0.39, 0.29) is 23.6 Å².